The number of fused-ring (bicyclic) bond motifs is 1. The number of nitrogens with zero attached hydrogens (tertiary/aromatic N) is 1. The Kier molecular flexibility index (Phi) is 4.27. The van der Waals surface area contributed by atoms with Gasteiger partial charge in [0.2, 0.25) is 0 Å². The molecular formula is C15H17NO4S. The normalized spacial score (nSPS) is 13.5. The summed E-state index contributed by atoms with van der Waals surface area (Å²) in [6.45, 7) is 3.17. The summed E-state index contributed by atoms with van der Waals surface area (Å²) in [5.41, 5.74) is 1.06. The Bertz CT molecular complexity index is 768. The van der Waals surface area contributed by atoms with E-state index in [1.54, 1.807) is 32.0 Å². The minimum atomic E-state index is -3.80. The monoisotopic (exact) mass is 307 g/mol. The number of aromatic nitrogens is 1. The van der Waals surface area contributed by atoms with Gasteiger partial charge >= 0.3 is 5.97 Å². The van der Waals surface area contributed by atoms with Crippen molar-refractivity contribution in [2.24, 2.45) is 5.92 Å². The number of carboxylic acid groups (broad SMARTS) is 1. The SMILES string of the molecule is CC(C)C(C(=O)O)S(=O)(=O)Cc1ccc2ccccc2n1. The number of aliphatic carboxylic acids is 1. The zero-order chi connectivity index (χ0) is 15.6. The molecule has 1 unspecified atom stereocenters. The zero-order valence-electron chi connectivity index (χ0n) is 11.9. The summed E-state index contributed by atoms with van der Waals surface area (Å²) in [7, 11) is -3.80. The minimum Gasteiger partial charge on any atom is -0.480 e. The third-order valence-corrected chi connectivity index (χ3v) is 5.46. The molecule has 0 amide bonds. The number of sulfone groups is 1. The molecule has 0 radical (unpaired) electrons. The van der Waals surface area contributed by atoms with E-state index in [-0.39, 0.29) is 5.75 Å². The number of carbonyl (C=O) groups is 1. The van der Waals surface area contributed by atoms with Crippen molar-refractivity contribution in [3.05, 3.63) is 42.1 Å². The maximum Gasteiger partial charge on any atom is 0.322 e. The Morgan fingerprint density at radius 2 is 1.86 bits per heavy atom. The average Bonchev–Trinajstić information content (AvgIpc) is 2.36. The fourth-order valence-corrected chi connectivity index (χ4v) is 4.23. The van der Waals surface area contributed by atoms with Gasteiger partial charge in [-0.05, 0) is 18.1 Å². The predicted octanol–water partition coefficient (Wildman–Crippen LogP) is 2.26. The van der Waals surface area contributed by atoms with Gasteiger partial charge in [-0.15, -0.1) is 0 Å². The number of rotatable bonds is 5. The molecule has 112 valence electrons. The summed E-state index contributed by atoms with van der Waals surface area (Å²) in [4.78, 5) is 15.5. The minimum absolute atomic E-state index is 0.362. The van der Waals surface area contributed by atoms with Crippen molar-refractivity contribution >= 4 is 26.7 Å². The van der Waals surface area contributed by atoms with Crippen LogP contribution in [0.4, 0.5) is 0 Å². The number of benzene rings is 1. The van der Waals surface area contributed by atoms with Gasteiger partial charge in [0.25, 0.3) is 0 Å². The summed E-state index contributed by atoms with van der Waals surface area (Å²) >= 11 is 0. The molecule has 0 saturated heterocycles. The number of hydrogen-bond donors (Lipinski definition) is 1. The average molecular weight is 307 g/mol. The molecule has 2 rings (SSSR count). The van der Waals surface area contributed by atoms with Crippen molar-refractivity contribution in [1.82, 2.24) is 4.98 Å². The first kappa shape index (κ1) is 15.4. The van der Waals surface area contributed by atoms with Crippen LogP contribution in [0.1, 0.15) is 19.5 Å². The molecule has 0 bridgehead atoms. The van der Waals surface area contributed by atoms with Crippen molar-refractivity contribution < 1.29 is 18.3 Å². The topological polar surface area (TPSA) is 84.3 Å². The smallest absolute Gasteiger partial charge is 0.322 e. The highest BCUT2D eigenvalue weighted by Gasteiger charge is 2.35. The molecule has 2 aromatic rings. The Balaban J connectivity index is 2.35. The van der Waals surface area contributed by atoms with Crippen LogP contribution in [0.2, 0.25) is 0 Å². The molecule has 0 fully saturated rings. The molecule has 1 heterocycles. The van der Waals surface area contributed by atoms with E-state index >= 15 is 0 Å². The lowest BCUT2D eigenvalue weighted by atomic mass is 10.1. The van der Waals surface area contributed by atoms with E-state index < -0.39 is 27.0 Å². The van der Waals surface area contributed by atoms with Gasteiger partial charge < -0.3 is 5.11 Å². The second-order valence-corrected chi connectivity index (χ2v) is 7.43. The molecule has 0 aliphatic heterocycles. The molecule has 1 N–H and O–H groups in total. The lowest BCUT2D eigenvalue weighted by Crippen LogP contribution is -2.35. The second kappa shape index (κ2) is 5.81. The Morgan fingerprint density at radius 3 is 2.48 bits per heavy atom. The van der Waals surface area contributed by atoms with Crippen LogP contribution in [0.3, 0.4) is 0 Å². The Hall–Kier alpha value is -1.95. The van der Waals surface area contributed by atoms with Gasteiger partial charge in [-0.25, -0.2) is 8.42 Å². The molecule has 0 saturated carbocycles. The van der Waals surface area contributed by atoms with E-state index in [1.165, 1.54) is 0 Å². The largest absolute Gasteiger partial charge is 0.480 e. The number of carboxylic acids is 1. The van der Waals surface area contributed by atoms with E-state index in [4.69, 9.17) is 5.11 Å². The van der Waals surface area contributed by atoms with Crippen LogP contribution < -0.4 is 0 Å². The van der Waals surface area contributed by atoms with E-state index in [0.717, 1.165) is 5.39 Å². The first-order valence-electron chi connectivity index (χ1n) is 6.60. The summed E-state index contributed by atoms with van der Waals surface area (Å²) < 4.78 is 24.6. The third kappa shape index (κ3) is 3.39. The van der Waals surface area contributed by atoms with Gasteiger partial charge in [-0.1, -0.05) is 38.1 Å². The van der Waals surface area contributed by atoms with E-state index in [1.807, 2.05) is 18.2 Å². The quantitative estimate of drug-likeness (QED) is 0.916. The van der Waals surface area contributed by atoms with Crippen LogP contribution in [0.25, 0.3) is 10.9 Å². The second-order valence-electron chi connectivity index (χ2n) is 5.31. The standard InChI is InChI=1S/C15H17NO4S/c1-10(2)14(15(17)18)21(19,20)9-12-8-7-11-5-3-4-6-13(11)16-12/h3-8,10,14H,9H2,1-2H3,(H,17,18). The van der Waals surface area contributed by atoms with E-state index in [9.17, 15) is 13.2 Å². The molecule has 0 spiro atoms. The summed E-state index contributed by atoms with van der Waals surface area (Å²) in [6.07, 6.45) is 0. The van der Waals surface area contributed by atoms with Crippen molar-refractivity contribution in [3.63, 3.8) is 0 Å². The molecule has 1 atom stereocenters. The maximum atomic E-state index is 12.3. The predicted molar refractivity (Wildman–Crippen MR) is 80.6 cm³/mol. The van der Waals surface area contributed by atoms with Gasteiger partial charge in [0.15, 0.2) is 15.1 Å². The fraction of sp³-hybridized carbons (Fsp3) is 0.333. The fourth-order valence-electron chi connectivity index (χ4n) is 2.34. The molecule has 0 aliphatic rings. The number of para-hydroxylation sites is 1. The number of pyridine rings is 1. The Labute approximate surface area is 123 Å². The molecule has 5 nitrogen and oxygen atoms in total. The Morgan fingerprint density at radius 1 is 1.19 bits per heavy atom. The van der Waals surface area contributed by atoms with Crippen LogP contribution in [-0.4, -0.2) is 29.7 Å². The van der Waals surface area contributed by atoms with E-state index in [2.05, 4.69) is 4.98 Å². The van der Waals surface area contributed by atoms with Crippen molar-refractivity contribution in [1.29, 1.82) is 0 Å². The third-order valence-electron chi connectivity index (χ3n) is 3.24. The van der Waals surface area contributed by atoms with Gasteiger partial charge in [-0.3, -0.25) is 9.78 Å². The molecule has 21 heavy (non-hydrogen) atoms. The summed E-state index contributed by atoms with van der Waals surface area (Å²) in [6, 6.07) is 10.8. The molecule has 1 aromatic heterocycles. The van der Waals surface area contributed by atoms with Crippen LogP contribution >= 0.6 is 0 Å². The van der Waals surface area contributed by atoms with Crippen molar-refractivity contribution in [3.8, 4) is 0 Å². The van der Waals surface area contributed by atoms with E-state index in [0.29, 0.717) is 11.2 Å². The molecule has 0 aliphatic carbocycles. The van der Waals surface area contributed by atoms with Crippen LogP contribution in [-0.2, 0) is 20.4 Å². The molecule has 6 heteroatoms. The highest BCUT2D eigenvalue weighted by Crippen LogP contribution is 2.19. The zero-order valence-corrected chi connectivity index (χ0v) is 12.7. The number of hydrogen-bond acceptors (Lipinski definition) is 4. The molecule has 1 aromatic carbocycles. The highest BCUT2D eigenvalue weighted by molar-refractivity contribution is 7.92. The highest BCUT2D eigenvalue weighted by atomic mass is 32.2. The van der Waals surface area contributed by atoms with Crippen molar-refractivity contribution in [2.75, 3.05) is 0 Å². The van der Waals surface area contributed by atoms with Gasteiger partial charge in [0, 0.05) is 5.39 Å². The molecular weight excluding hydrogens is 290 g/mol. The first-order valence-corrected chi connectivity index (χ1v) is 8.32. The lowest BCUT2D eigenvalue weighted by molar-refractivity contribution is -0.137. The van der Waals surface area contributed by atoms with Crippen molar-refractivity contribution in [2.45, 2.75) is 24.9 Å². The van der Waals surface area contributed by atoms with Crippen LogP contribution in [0.5, 0.6) is 0 Å². The first-order chi connectivity index (χ1) is 9.81. The van der Waals surface area contributed by atoms with Gasteiger partial charge in [0.05, 0.1) is 17.0 Å². The summed E-state index contributed by atoms with van der Waals surface area (Å²) in [5, 5.41) is 8.63. The summed E-state index contributed by atoms with van der Waals surface area (Å²) in [5.74, 6) is -2.17. The van der Waals surface area contributed by atoms with Gasteiger partial charge in [0.1, 0.15) is 0 Å². The van der Waals surface area contributed by atoms with Crippen LogP contribution in [0.15, 0.2) is 36.4 Å². The lowest BCUT2D eigenvalue weighted by Gasteiger charge is -2.16. The van der Waals surface area contributed by atoms with Gasteiger partial charge in [-0.2, -0.15) is 0 Å². The maximum absolute atomic E-state index is 12.3. The van der Waals surface area contributed by atoms with Crippen LogP contribution in [0, 0.1) is 5.92 Å².